The second-order valence-corrected chi connectivity index (χ2v) is 5.41. The zero-order valence-corrected chi connectivity index (χ0v) is 11.3. The molecule has 2 aliphatic rings. The van der Waals surface area contributed by atoms with Gasteiger partial charge in [-0.1, -0.05) is 0 Å². The molecule has 1 atom stereocenters. The summed E-state index contributed by atoms with van der Waals surface area (Å²) in [5.41, 5.74) is 0.776. The van der Waals surface area contributed by atoms with Crippen molar-refractivity contribution >= 4 is 0 Å². The average molecular weight is 283 g/mol. The molecule has 0 amide bonds. The normalized spacial score (nSPS) is 22.1. The largest absolute Gasteiger partial charge is 0.486 e. The lowest BCUT2D eigenvalue weighted by atomic mass is 9.90. The molecular weight excluding hydrogens is 264 g/mol. The Morgan fingerprint density at radius 2 is 1.95 bits per heavy atom. The fraction of sp³-hybridized carbons (Fsp3) is 0.600. The van der Waals surface area contributed by atoms with E-state index in [0.29, 0.717) is 42.6 Å². The Morgan fingerprint density at radius 1 is 1.20 bits per heavy atom. The highest BCUT2D eigenvalue weighted by molar-refractivity contribution is 5.48. The summed E-state index contributed by atoms with van der Waals surface area (Å²) < 4.78 is 37.4. The molecule has 0 spiro atoms. The molecule has 20 heavy (non-hydrogen) atoms. The number of halogens is 2. The lowest BCUT2D eigenvalue weighted by Gasteiger charge is -2.25. The molecule has 1 N–H and O–H groups in total. The Labute approximate surface area is 117 Å². The van der Waals surface area contributed by atoms with Crippen molar-refractivity contribution in [1.29, 1.82) is 0 Å². The van der Waals surface area contributed by atoms with Crippen LogP contribution in [0.15, 0.2) is 12.1 Å². The first kappa shape index (κ1) is 13.6. The summed E-state index contributed by atoms with van der Waals surface area (Å²) in [6.45, 7) is 2.82. The van der Waals surface area contributed by atoms with Crippen LogP contribution in [0, 0.1) is 5.92 Å². The summed E-state index contributed by atoms with van der Waals surface area (Å²) in [6.07, 6.45) is 0.393. The van der Waals surface area contributed by atoms with E-state index in [1.54, 1.807) is 6.07 Å². The maximum Gasteiger partial charge on any atom is 0.264 e. The van der Waals surface area contributed by atoms with Gasteiger partial charge in [-0.2, -0.15) is 0 Å². The van der Waals surface area contributed by atoms with Gasteiger partial charge in [0.2, 0.25) is 0 Å². The topological polar surface area (TPSA) is 30.5 Å². The Hall–Kier alpha value is -1.36. The van der Waals surface area contributed by atoms with Gasteiger partial charge in [0.15, 0.2) is 11.5 Å². The highest BCUT2D eigenvalue weighted by atomic mass is 19.3. The second kappa shape index (κ2) is 5.95. The molecule has 0 saturated carbocycles. The molecule has 110 valence electrons. The smallest absolute Gasteiger partial charge is 0.264 e. The maximum atomic E-state index is 13.2. The fourth-order valence-corrected chi connectivity index (χ4v) is 2.94. The van der Waals surface area contributed by atoms with Crippen molar-refractivity contribution in [3.63, 3.8) is 0 Å². The third-order valence-corrected chi connectivity index (χ3v) is 3.95. The molecule has 0 bridgehead atoms. The SMILES string of the molecule is FC(F)c1cc2c(cc1CC1CCCNC1)OCCO2. The van der Waals surface area contributed by atoms with Crippen molar-refractivity contribution in [1.82, 2.24) is 5.32 Å². The Morgan fingerprint density at radius 3 is 2.60 bits per heavy atom. The van der Waals surface area contributed by atoms with Gasteiger partial charge >= 0.3 is 0 Å². The quantitative estimate of drug-likeness (QED) is 0.925. The van der Waals surface area contributed by atoms with Crippen LogP contribution in [0.2, 0.25) is 0 Å². The van der Waals surface area contributed by atoms with E-state index in [0.717, 1.165) is 25.9 Å². The molecule has 1 saturated heterocycles. The number of hydrogen-bond donors (Lipinski definition) is 1. The fourth-order valence-electron chi connectivity index (χ4n) is 2.94. The number of piperidine rings is 1. The van der Waals surface area contributed by atoms with Crippen LogP contribution in [0.4, 0.5) is 8.78 Å². The third kappa shape index (κ3) is 2.87. The van der Waals surface area contributed by atoms with Crippen molar-refractivity contribution in [2.24, 2.45) is 5.92 Å². The average Bonchev–Trinajstić information content (AvgIpc) is 2.47. The number of rotatable bonds is 3. The minimum atomic E-state index is -2.47. The van der Waals surface area contributed by atoms with E-state index < -0.39 is 6.43 Å². The van der Waals surface area contributed by atoms with E-state index in [1.165, 1.54) is 6.07 Å². The van der Waals surface area contributed by atoms with Crippen LogP contribution in [0.25, 0.3) is 0 Å². The van der Waals surface area contributed by atoms with Gasteiger partial charge in [-0.05, 0) is 56.0 Å². The van der Waals surface area contributed by atoms with Crippen molar-refractivity contribution in [3.8, 4) is 11.5 Å². The lowest BCUT2D eigenvalue weighted by Crippen LogP contribution is -2.31. The monoisotopic (exact) mass is 283 g/mol. The van der Waals surface area contributed by atoms with Crippen molar-refractivity contribution in [2.75, 3.05) is 26.3 Å². The number of alkyl halides is 2. The molecule has 3 rings (SSSR count). The zero-order chi connectivity index (χ0) is 13.9. The minimum absolute atomic E-state index is 0.0832. The molecule has 2 heterocycles. The van der Waals surface area contributed by atoms with Crippen LogP contribution < -0.4 is 14.8 Å². The molecule has 1 fully saturated rings. The van der Waals surface area contributed by atoms with Gasteiger partial charge in [-0.15, -0.1) is 0 Å². The first-order chi connectivity index (χ1) is 9.74. The highest BCUT2D eigenvalue weighted by Gasteiger charge is 2.23. The van der Waals surface area contributed by atoms with Gasteiger partial charge in [0.05, 0.1) is 0 Å². The summed E-state index contributed by atoms with van der Waals surface area (Å²) in [5.74, 6) is 1.46. The molecule has 2 aliphatic heterocycles. The Bertz CT molecular complexity index is 473. The standard InChI is InChI=1S/C15H19F2NO2/c16-15(17)12-8-14-13(19-4-5-20-14)7-11(12)6-10-2-1-3-18-9-10/h7-8,10,15,18H,1-6,9H2. The zero-order valence-electron chi connectivity index (χ0n) is 11.3. The van der Waals surface area contributed by atoms with Crippen LogP contribution in [0.3, 0.4) is 0 Å². The molecule has 1 unspecified atom stereocenters. The predicted octanol–water partition coefficient (Wildman–Crippen LogP) is 2.94. The van der Waals surface area contributed by atoms with Gasteiger partial charge in [0.25, 0.3) is 6.43 Å². The van der Waals surface area contributed by atoms with Crippen LogP contribution in [-0.4, -0.2) is 26.3 Å². The second-order valence-electron chi connectivity index (χ2n) is 5.41. The van der Waals surface area contributed by atoms with Crippen LogP contribution >= 0.6 is 0 Å². The summed E-state index contributed by atoms with van der Waals surface area (Å²) >= 11 is 0. The van der Waals surface area contributed by atoms with Gasteiger partial charge in [-0.3, -0.25) is 0 Å². The summed E-state index contributed by atoms with van der Waals surface area (Å²) in [6, 6.07) is 3.19. The summed E-state index contributed by atoms with van der Waals surface area (Å²) in [5, 5.41) is 3.32. The molecule has 0 radical (unpaired) electrons. The number of hydrogen-bond acceptors (Lipinski definition) is 3. The van der Waals surface area contributed by atoms with Crippen LogP contribution in [0.5, 0.6) is 11.5 Å². The first-order valence-corrected chi connectivity index (χ1v) is 7.15. The summed E-state index contributed by atoms with van der Waals surface area (Å²) in [4.78, 5) is 0. The summed E-state index contributed by atoms with van der Waals surface area (Å²) in [7, 11) is 0. The number of benzene rings is 1. The van der Waals surface area contributed by atoms with Crippen molar-refractivity contribution < 1.29 is 18.3 Å². The molecule has 3 nitrogen and oxygen atoms in total. The van der Waals surface area contributed by atoms with Gasteiger partial charge in [0, 0.05) is 5.56 Å². The Kier molecular flexibility index (Phi) is 4.05. The van der Waals surface area contributed by atoms with Crippen LogP contribution in [0.1, 0.15) is 30.4 Å². The lowest BCUT2D eigenvalue weighted by molar-refractivity contribution is 0.145. The first-order valence-electron chi connectivity index (χ1n) is 7.15. The van der Waals surface area contributed by atoms with E-state index in [4.69, 9.17) is 9.47 Å². The van der Waals surface area contributed by atoms with Crippen LogP contribution in [-0.2, 0) is 6.42 Å². The number of ether oxygens (including phenoxy) is 2. The highest BCUT2D eigenvalue weighted by Crippen LogP contribution is 2.38. The molecule has 5 heteroatoms. The van der Waals surface area contributed by atoms with E-state index in [2.05, 4.69) is 5.32 Å². The number of fused-ring (bicyclic) bond motifs is 1. The van der Waals surface area contributed by atoms with E-state index in [9.17, 15) is 8.78 Å². The molecule has 1 aromatic rings. The Balaban J connectivity index is 1.86. The van der Waals surface area contributed by atoms with Gasteiger partial charge < -0.3 is 14.8 Å². The molecule has 0 aliphatic carbocycles. The predicted molar refractivity (Wildman–Crippen MR) is 71.7 cm³/mol. The maximum absolute atomic E-state index is 13.2. The van der Waals surface area contributed by atoms with Gasteiger partial charge in [-0.25, -0.2) is 8.78 Å². The van der Waals surface area contributed by atoms with E-state index in [1.807, 2.05) is 0 Å². The van der Waals surface area contributed by atoms with Crippen molar-refractivity contribution in [2.45, 2.75) is 25.7 Å². The minimum Gasteiger partial charge on any atom is -0.486 e. The third-order valence-electron chi connectivity index (χ3n) is 3.95. The molecular formula is C15H19F2NO2. The number of nitrogens with one attached hydrogen (secondary N) is 1. The van der Waals surface area contributed by atoms with E-state index >= 15 is 0 Å². The van der Waals surface area contributed by atoms with Crippen molar-refractivity contribution in [3.05, 3.63) is 23.3 Å². The molecule has 1 aromatic carbocycles. The van der Waals surface area contributed by atoms with E-state index in [-0.39, 0.29) is 5.56 Å². The van der Waals surface area contributed by atoms with Gasteiger partial charge in [0.1, 0.15) is 13.2 Å². The molecule has 0 aromatic heterocycles.